The predicted molar refractivity (Wildman–Crippen MR) is 103 cm³/mol. The number of nitrogens with zero attached hydrogens (tertiary/aromatic N) is 4. The van der Waals surface area contributed by atoms with Crippen LogP contribution in [-0.4, -0.2) is 38.5 Å². The minimum atomic E-state index is 0.127. The molecule has 0 saturated heterocycles. The van der Waals surface area contributed by atoms with E-state index < -0.39 is 0 Å². The Balaban J connectivity index is 1.52. The summed E-state index contributed by atoms with van der Waals surface area (Å²) in [6, 6.07) is 5.92. The zero-order valence-corrected chi connectivity index (χ0v) is 15.8. The number of aryl methyl sites for hydroxylation is 1. The number of aromatic nitrogens is 4. The molecule has 1 aliphatic carbocycles. The van der Waals surface area contributed by atoms with E-state index in [0.717, 1.165) is 53.7 Å². The summed E-state index contributed by atoms with van der Waals surface area (Å²) in [5.41, 5.74) is 3.47. The van der Waals surface area contributed by atoms with E-state index in [0.29, 0.717) is 12.5 Å². The summed E-state index contributed by atoms with van der Waals surface area (Å²) in [6.45, 7) is 0. The maximum atomic E-state index is 12.7. The van der Waals surface area contributed by atoms with E-state index in [1.54, 1.807) is 25.8 Å². The van der Waals surface area contributed by atoms with Crippen molar-refractivity contribution in [1.29, 1.82) is 0 Å². The largest absolute Gasteiger partial charge is 0.381 e. The number of ether oxygens (including phenoxy) is 1. The van der Waals surface area contributed by atoms with Crippen LogP contribution in [0, 0.1) is 5.92 Å². The van der Waals surface area contributed by atoms with Gasteiger partial charge in [0.2, 0.25) is 0 Å². The Morgan fingerprint density at radius 2 is 2.04 bits per heavy atom. The van der Waals surface area contributed by atoms with Crippen LogP contribution < -0.4 is 0 Å². The molecule has 0 aromatic carbocycles. The zero-order valence-electron chi connectivity index (χ0n) is 15.8. The second-order valence-electron chi connectivity index (χ2n) is 7.31. The monoisotopic (exact) mass is 364 g/mol. The molecule has 27 heavy (non-hydrogen) atoms. The third-order valence-electron chi connectivity index (χ3n) is 5.53. The Labute approximate surface area is 158 Å². The number of pyridine rings is 2. The number of carbonyl (C=O) groups is 1. The first-order valence-electron chi connectivity index (χ1n) is 9.42. The van der Waals surface area contributed by atoms with E-state index in [1.165, 1.54) is 0 Å². The molecular weight excluding hydrogens is 340 g/mol. The van der Waals surface area contributed by atoms with E-state index in [4.69, 9.17) is 9.72 Å². The van der Waals surface area contributed by atoms with Gasteiger partial charge in [-0.15, -0.1) is 0 Å². The van der Waals surface area contributed by atoms with Gasteiger partial charge >= 0.3 is 0 Å². The molecule has 0 atom stereocenters. The molecule has 0 unspecified atom stereocenters. The van der Waals surface area contributed by atoms with Gasteiger partial charge in [-0.3, -0.25) is 9.78 Å². The van der Waals surface area contributed by atoms with Crippen LogP contribution >= 0.6 is 0 Å². The average molecular weight is 364 g/mol. The Morgan fingerprint density at radius 3 is 2.74 bits per heavy atom. The standard InChI is InChI=1S/C21H24N4O2/c1-25-13-22-12-20(25)18-8-5-15-11-23-16(9-19(15)24-18)10-21(26)14-3-6-17(27-2)7-4-14/h5,8-9,11-14,17H,3-4,6-7,10H2,1-2H3. The molecule has 6 heteroatoms. The molecule has 1 aliphatic rings. The van der Waals surface area contributed by atoms with Crippen LogP contribution in [0.15, 0.2) is 36.9 Å². The second-order valence-corrected chi connectivity index (χ2v) is 7.31. The lowest BCUT2D eigenvalue weighted by Crippen LogP contribution is -2.26. The molecule has 0 N–H and O–H groups in total. The smallest absolute Gasteiger partial charge is 0.141 e. The predicted octanol–water partition coefficient (Wildman–Crippen LogP) is 3.35. The van der Waals surface area contributed by atoms with E-state index in [-0.39, 0.29) is 11.7 Å². The summed E-state index contributed by atoms with van der Waals surface area (Å²) in [6.07, 6.45) is 9.80. The van der Waals surface area contributed by atoms with Crippen LogP contribution in [0.5, 0.6) is 0 Å². The van der Waals surface area contributed by atoms with Gasteiger partial charge in [0.25, 0.3) is 0 Å². The highest BCUT2D eigenvalue weighted by Gasteiger charge is 2.26. The van der Waals surface area contributed by atoms with Gasteiger partial charge in [0, 0.05) is 43.8 Å². The van der Waals surface area contributed by atoms with Crippen molar-refractivity contribution in [3.05, 3.63) is 42.6 Å². The number of Topliss-reactive ketones (excluding diaryl/α,β-unsaturated/α-hetero) is 1. The van der Waals surface area contributed by atoms with Crippen molar-refractivity contribution in [1.82, 2.24) is 19.5 Å². The van der Waals surface area contributed by atoms with Crippen molar-refractivity contribution < 1.29 is 9.53 Å². The number of fused-ring (bicyclic) bond motifs is 1. The maximum Gasteiger partial charge on any atom is 0.141 e. The quantitative estimate of drug-likeness (QED) is 0.694. The molecule has 1 fully saturated rings. The van der Waals surface area contributed by atoms with E-state index >= 15 is 0 Å². The van der Waals surface area contributed by atoms with E-state index in [2.05, 4.69) is 9.97 Å². The Kier molecular flexibility index (Phi) is 4.99. The number of hydrogen-bond donors (Lipinski definition) is 0. The number of rotatable bonds is 5. The van der Waals surface area contributed by atoms with Gasteiger partial charge in [0.05, 0.1) is 35.5 Å². The normalized spacial score (nSPS) is 20.1. The molecule has 0 bridgehead atoms. The highest BCUT2D eigenvalue weighted by atomic mass is 16.5. The highest BCUT2D eigenvalue weighted by molar-refractivity contribution is 5.85. The molecule has 0 radical (unpaired) electrons. The zero-order chi connectivity index (χ0) is 18.8. The summed E-state index contributed by atoms with van der Waals surface area (Å²) >= 11 is 0. The fraction of sp³-hybridized carbons (Fsp3) is 0.429. The first kappa shape index (κ1) is 17.8. The SMILES string of the molecule is COC1CCC(C(=O)Cc2cc3nc(-c4cncn4C)ccc3cn2)CC1. The second kappa shape index (κ2) is 7.56. The van der Waals surface area contributed by atoms with Crippen molar-refractivity contribution in [2.24, 2.45) is 13.0 Å². The molecule has 3 aromatic rings. The molecule has 3 aromatic heterocycles. The first-order chi connectivity index (χ1) is 13.1. The summed E-state index contributed by atoms with van der Waals surface area (Å²) < 4.78 is 7.34. The molecule has 1 saturated carbocycles. The van der Waals surface area contributed by atoms with Crippen LogP contribution in [0.2, 0.25) is 0 Å². The molecule has 4 rings (SSSR count). The van der Waals surface area contributed by atoms with Gasteiger partial charge in [-0.25, -0.2) is 9.97 Å². The van der Waals surface area contributed by atoms with Gasteiger partial charge in [-0.2, -0.15) is 0 Å². The van der Waals surface area contributed by atoms with Gasteiger partial charge in [0.1, 0.15) is 5.78 Å². The van der Waals surface area contributed by atoms with E-state index in [1.807, 2.05) is 29.8 Å². The molecule has 0 amide bonds. The lowest BCUT2D eigenvalue weighted by molar-refractivity contribution is -0.124. The molecule has 6 nitrogen and oxygen atoms in total. The van der Waals surface area contributed by atoms with Gasteiger partial charge in [-0.05, 0) is 43.9 Å². The molecule has 0 aliphatic heterocycles. The minimum absolute atomic E-state index is 0.127. The highest BCUT2D eigenvalue weighted by Crippen LogP contribution is 2.28. The van der Waals surface area contributed by atoms with Crippen LogP contribution in [-0.2, 0) is 23.0 Å². The van der Waals surface area contributed by atoms with Crippen molar-refractivity contribution >= 4 is 16.7 Å². The van der Waals surface area contributed by atoms with Crippen LogP contribution in [0.25, 0.3) is 22.3 Å². The van der Waals surface area contributed by atoms with Crippen molar-refractivity contribution in [3.8, 4) is 11.4 Å². The first-order valence-corrected chi connectivity index (χ1v) is 9.42. The van der Waals surface area contributed by atoms with Gasteiger partial charge in [0.15, 0.2) is 0 Å². The Bertz CT molecular complexity index is 958. The average Bonchev–Trinajstić information content (AvgIpc) is 3.13. The number of carbonyl (C=O) groups excluding carboxylic acids is 1. The van der Waals surface area contributed by atoms with Crippen LogP contribution in [0.4, 0.5) is 0 Å². The Hall–Kier alpha value is -2.60. The minimum Gasteiger partial charge on any atom is -0.381 e. The summed E-state index contributed by atoms with van der Waals surface area (Å²) in [5, 5.41) is 0.970. The third-order valence-corrected chi connectivity index (χ3v) is 5.53. The molecule has 3 heterocycles. The fourth-order valence-electron chi connectivity index (χ4n) is 3.84. The van der Waals surface area contributed by atoms with E-state index in [9.17, 15) is 4.79 Å². The fourth-order valence-corrected chi connectivity index (χ4v) is 3.84. The number of imidazole rings is 1. The maximum absolute atomic E-state index is 12.7. The number of methoxy groups -OCH3 is 1. The van der Waals surface area contributed by atoms with Gasteiger partial charge in [-0.1, -0.05) is 0 Å². The third kappa shape index (κ3) is 3.76. The van der Waals surface area contributed by atoms with Crippen molar-refractivity contribution in [2.75, 3.05) is 7.11 Å². The van der Waals surface area contributed by atoms with Crippen molar-refractivity contribution in [3.63, 3.8) is 0 Å². The summed E-state index contributed by atoms with van der Waals surface area (Å²) in [7, 11) is 3.70. The summed E-state index contributed by atoms with van der Waals surface area (Å²) in [5.74, 6) is 0.404. The molecular formula is C21H24N4O2. The van der Waals surface area contributed by atoms with Crippen LogP contribution in [0.1, 0.15) is 31.4 Å². The van der Waals surface area contributed by atoms with Gasteiger partial charge < -0.3 is 9.30 Å². The van der Waals surface area contributed by atoms with Crippen LogP contribution in [0.3, 0.4) is 0 Å². The molecule has 140 valence electrons. The Morgan fingerprint density at radius 1 is 1.22 bits per heavy atom. The summed E-state index contributed by atoms with van der Waals surface area (Å²) in [4.78, 5) is 26.1. The van der Waals surface area contributed by atoms with Crippen molar-refractivity contribution in [2.45, 2.75) is 38.2 Å². The molecule has 0 spiro atoms. The lowest BCUT2D eigenvalue weighted by atomic mass is 9.83. The number of ketones is 1. The number of hydrogen-bond acceptors (Lipinski definition) is 5. The topological polar surface area (TPSA) is 69.9 Å². The lowest BCUT2D eigenvalue weighted by Gasteiger charge is -2.26.